The Bertz CT molecular complexity index is 216. The van der Waals surface area contributed by atoms with Crippen molar-refractivity contribution in [3.05, 3.63) is 0 Å². The van der Waals surface area contributed by atoms with Crippen molar-refractivity contribution in [1.82, 2.24) is 15.1 Å². The summed E-state index contributed by atoms with van der Waals surface area (Å²) in [5.41, 5.74) is 0. The van der Waals surface area contributed by atoms with E-state index in [2.05, 4.69) is 15.1 Å². The highest BCUT2D eigenvalue weighted by molar-refractivity contribution is 5.75. The average Bonchev–Trinajstić information content (AvgIpc) is 2.33. The van der Waals surface area contributed by atoms with Gasteiger partial charge in [-0.2, -0.15) is 0 Å². The molecule has 0 saturated carbocycles. The molecule has 1 saturated heterocycles. The highest BCUT2D eigenvalue weighted by Crippen LogP contribution is 1.97. The minimum absolute atomic E-state index is 0.162. The number of nitrogens with one attached hydrogen (secondary N) is 1. The van der Waals surface area contributed by atoms with E-state index in [1.807, 2.05) is 14.1 Å². The largest absolute Gasteiger partial charge is 0.379 e. The summed E-state index contributed by atoms with van der Waals surface area (Å²) in [5, 5.41) is 2.95. The first-order chi connectivity index (χ1) is 8.18. The molecule has 1 heterocycles. The maximum atomic E-state index is 11.5. The van der Waals surface area contributed by atoms with Crippen molar-refractivity contribution in [1.29, 1.82) is 0 Å². The second kappa shape index (κ2) is 8.44. The van der Waals surface area contributed by atoms with Gasteiger partial charge in [0.2, 0.25) is 5.91 Å². The van der Waals surface area contributed by atoms with Crippen molar-refractivity contribution in [2.45, 2.75) is 12.8 Å². The van der Waals surface area contributed by atoms with Crippen LogP contribution < -0.4 is 5.32 Å². The Morgan fingerprint density at radius 1 is 1.35 bits per heavy atom. The molecule has 1 fully saturated rings. The summed E-state index contributed by atoms with van der Waals surface area (Å²) in [4.78, 5) is 16.0. The number of rotatable bonds is 7. The number of morpholine rings is 1. The summed E-state index contributed by atoms with van der Waals surface area (Å²) in [5.74, 6) is 0.162. The van der Waals surface area contributed by atoms with Gasteiger partial charge in [-0.15, -0.1) is 0 Å². The molecule has 1 N–H and O–H groups in total. The van der Waals surface area contributed by atoms with Crippen molar-refractivity contribution in [2.75, 3.05) is 60.0 Å². The summed E-state index contributed by atoms with van der Waals surface area (Å²) < 4.78 is 5.26. The molecule has 0 unspecified atom stereocenters. The lowest BCUT2D eigenvalue weighted by atomic mass is 10.3. The van der Waals surface area contributed by atoms with Crippen LogP contribution in [-0.4, -0.2) is 75.7 Å². The third kappa shape index (κ3) is 7.31. The monoisotopic (exact) mass is 243 g/mol. The van der Waals surface area contributed by atoms with Gasteiger partial charge in [-0.25, -0.2) is 0 Å². The van der Waals surface area contributed by atoms with E-state index in [9.17, 15) is 4.79 Å². The topological polar surface area (TPSA) is 44.8 Å². The molecule has 1 amide bonds. The van der Waals surface area contributed by atoms with E-state index >= 15 is 0 Å². The Morgan fingerprint density at radius 3 is 2.71 bits per heavy atom. The van der Waals surface area contributed by atoms with Crippen LogP contribution in [0.3, 0.4) is 0 Å². The Balaban J connectivity index is 1.96. The maximum absolute atomic E-state index is 11.5. The van der Waals surface area contributed by atoms with Crippen molar-refractivity contribution < 1.29 is 9.53 Å². The van der Waals surface area contributed by atoms with Gasteiger partial charge in [0.1, 0.15) is 0 Å². The first-order valence-corrected chi connectivity index (χ1v) is 6.40. The molecule has 0 spiro atoms. The summed E-state index contributed by atoms with van der Waals surface area (Å²) in [6.45, 7) is 6.14. The zero-order valence-electron chi connectivity index (χ0n) is 11.1. The molecule has 0 aliphatic carbocycles. The summed E-state index contributed by atoms with van der Waals surface area (Å²) in [6.07, 6.45) is 1.61. The van der Waals surface area contributed by atoms with Gasteiger partial charge >= 0.3 is 0 Å². The lowest BCUT2D eigenvalue weighted by Crippen LogP contribution is -2.39. The number of nitrogens with zero attached hydrogens (tertiary/aromatic N) is 2. The lowest BCUT2D eigenvalue weighted by Gasteiger charge is -2.26. The van der Waals surface area contributed by atoms with E-state index in [4.69, 9.17) is 4.74 Å². The quantitative estimate of drug-likeness (QED) is 0.628. The van der Waals surface area contributed by atoms with Crippen molar-refractivity contribution in [3.63, 3.8) is 0 Å². The fourth-order valence-corrected chi connectivity index (χ4v) is 1.80. The van der Waals surface area contributed by atoms with E-state index in [0.29, 0.717) is 6.42 Å². The molecule has 1 aliphatic rings. The normalized spacial score (nSPS) is 17.4. The second-order valence-electron chi connectivity index (χ2n) is 4.71. The number of hydrogen-bond acceptors (Lipinski definition) is 4. The summed E-state index contributed by atoms with van der Waals surface area (Å²) in [7, 11) is 4.08. The standard InChI is InChI=1S/C12H25N3O2/c1-14(2)6-3-5-13-12(16)4-7-15-8-10-17-11-9-15/h3-11H2,1-2H3,(H,13,16). The van der Waals surface area contributed by atoms with Crippen LogP contribution in [-0.2, 0) is 9.53 Å². The maximum Gasteiger partial charge on any atom is 0.221 e. The Hall–Kier alpha value is -0.650. The average molecular weight is 243 g/mol. The molecule has 5 nitrogen and oxygen atoms in total. The third-order valence-electron chi connectivity index (χ3n) is 2.86. The first-order valence-electron chi connectivity index (χ1n) is 6.40. The number of carbonyl (C=O) groups is 1. The van der Waals surface area contributed by atoms with E-state index in [1.54, 1.807) is 0 Å². The molecule has 5 heteroatoms. The van der Waals surface area contributed by atoms with Crippen LogP contribution in [0.4, 0.5) is 0 Å². The Morgan fingerprint density at radius 2 is 2.06 bits per heavy atom. The molecule has 0 aromatic heterocycles. The molecule has 0 aromatic rings. The second-order valence-corrected chi connectivity index (χ2v) is 4.71. The van der Waals surface area contributed by atoms with Gasteiger partial charge in [0, 0.05) is 32.6 Å². The molecule has 0 aromatic carbocycles. The van der Waals surface area contributed by atoms with Crippen molar-refractivity contribution in [2.24, 2.45) is 0 Å². The van der Waals surface area contributed by atoms with Gasteiger partial charge in [0.25, 0.3) is 0 Å². The fourth-order valence-electron chi connectivity index (χ4n) is 1.80. The van der Waals surface area contributed by atoms with Crippen molar-refractivity contribution >= 4 is 5.91 Å². The van der Waals surface area contributed by atoms with Crippen LogP contribution in [0.15, 0.2) is 0 Å². The minimum Gasteiger partial charge on any atom is -0.379 e. The molecular formula is C12H25N3O2. The summed E-state index contributed by atoms with van der Waals surface area (Å²) >= 11 is 0. The molecule has 1 aliphatic heterocycles. The van der Waals surface area contributed by atoms with Crippen LogP contribution in [0.2, 0.25) is 0 Å². The van der Waals surface area contributed by atoms with E-state index < -0.39 is 0 Å². The van der Waals surface area contributed by atoms with Crippen molar-refractivity contribution in [3.8, 4) is 0 Å². The number of carbonyl (C=O) groups excluding carboxylic acids is 1. The zero-order valence-corrected chi connectivity index (χ0v) is 11.1. The van der Waals surface area contributed by atoms with Gasteiger partial charge in [-0.3, -0.25) is 9.69 Å². The Labute approximate surface area is 104 Å². The van der Waals surface area contributed by atoms with Crippen LogP contribution in [0.1, 0.15) is 12.8 Å². The van der Waals surface area contributed by atoms with Gasteiger partial charge in [0.05, 0.1) is 13.2 Å². The highest BCUT2D eigenvalue weighted by atomic mass is 16.5. The van der Waals surface area contributed by atoms with Gasteiger partial charge < -0.3 is 15.0 Å². The minimum atomic E-state index is 0.162. The SMILES string of the molecule is CN(C)CCCNC(=O)CCN1CCOCC1. The predicted octanol–water partition coefficient (Wildman–Crippen LogP) is -0.223. The van der Waals surface area contributed by atoms with E-state index in [0.717, 1.165) is 52.4 Å². The van der Waals surface area contributed by atoms with Gasteiger partial charge in [-0.05, 0) is 27.1 Å². The fraction of sp³-hybridized carbons (Fsp3) is 0.917. The van der Waals surface area contributed by atoms with Crippen LogP contribution in [0, 0.1) is 0 Å². The molecule has 0 bridgehead atoms. The van der Waals surface area contributed by atoms with Gasteiger partial charge in [-0.1, -0.05) is 0 Å². The zero-order chi connectivity index (χ0) is 12.5. The third-order valence-corrected chi connectivity index (χ3v) is 2.86. The molecule has 1 rings (SSSR count). The highest BCUT2D eigenvalue weighted by Gasteiger charge is 2.11. The number of hydrogen-bond donors (Lipinski definition) is 1. The summed E-state index contributed by atoms with van der Waals surface area (Å²) in [6, 6.07) is 0. The number of amides is 1. The van der Waals surface area contributed by atoms with Gasteiger partial charge in [0.15, 0.2) is 0 Å². The molecular weight excluding hydrogens is 218 g/mol. The van der Waals surface area contributed by atoms with Crippen LogP contribution in [0.25, 0.3) is 0 Å². The van der Waals surface area contributed by atoms with E-state index in [1.165, 1.54) is 0 Å². The lowest BCUT2D eigenvalue weighted by molar-refractivity contribution is -0.121. The Kier molecular flexibility index (Phi) is 7.16. The van der Waals surface area contributed by atoms with E-state index in [-0.39, 0.29) is 5.91 Å². The molecule has 17 heavy (non-hydrogen) atoms. The first kappa shape index (κ1) is 14.4. The molecule has 0 radical (unpaired) electrons. The van der Waals surface area contributed by atoms with Crippen LogP contribution >= 0.6 is 0 Å². The molecule has 100 valence electrons. The van der Waals surface area contributed by atoms with Crippen LogP contribution in [0.5, 0.6) is 0 Å². The smallest absolute Gasteiger partial charge is 0.221 e. The predicted molar refractivity (Wildman–Crippen MR) is 68.1 cm³/mol. The number of ether oxygens (including phenoxy) is 1. The molecule has 0 atom stereocenters.